The summed E-state index contributed by atoms with van der Waals surface area (Å²) in [7, 11) is 0. The largest absolute Gasteiger partial charge is 0.327 e. The normalized spacial score (nSPS) is 35.8. The molecule has 2 fully saturated rings. The van der Waals surface area contributed by atoms with Crippen molar-refractivity contribution in [2.24, 2.45) is 17.1 Å². The Bertz CT molecular complexity index is 229. The molecule has 2 nitrogen and oxygen atoms in total. The Morgan fingerprint density at radius 2 is 1.93 bits per heavy atom. The summed E-state index contributed by atoms with van der Waals surface area (Å²) in [6.45, 7) is 10.4. The molecule has 0 radical (unpaired) electrons. The number of hydrogen-bond acceptors (Lipinski definition) is 2. The minimum atomic E-state index is 0.282. The summed E-state index contributed by atoms with van der Waals surface area (Å²) in [6.07, 6.45) is 4.29. The van der Waals surface area contributed by atoms with Gasteiger partial charge in [-0.15, -0.1) is 0 Å². The van der Waals surface area contributed by atoms with E-state index in [-0.39, 0.29) is 6.04 Å². The van der Waals surface area contributed by atoms with E-state index in [0.29, 0.717) is 11.5 Å². The van der Waals surface area contributed by atoms with Crippen LogP contribution in [0.4, 0.5) is 0 Å². The predicted molar refractivity (Wildman–Crippen MR) is 64.7 cm³/mol. The predicted octanol–water partition coefficient (Wildman–Crippen LogP) is 2.23. The van der Waals surface area contributed by atoms with Gasteiger partial charge in [-0.2, -0.15) is 0 Å². The van der Waals surface area contributed by atoms with Gasteiger partial charge in [0, 0.05) is 24.7 Å². The quantitative estimate of drug-likeness (QED) is 0.757. The Labute approximate surface area is 94.2 Å². The van der Waals surface area contributed by atoms with Gasteiger partial charge in [-0.05, 0) is 37.5 Å². The Balaban J connectivity index is 2.12. The van der Waals surface area contributed by atoms with Gasteiger partial charge in [-0.25, -0.2) is 0 Å². The lowest BCUT2D eigenvalue weighted by atomic mass is 9.81. The van der Waals surface area contributed by atoms with E-state index in [2.05, 4.69) is 32.6 Å². The van der Waals surface area contributed by atoms with Crippen LogP contribution in [0, 0.1) is 11.3 Å². The van der Waals surface area contributed by atoms with E-state index in [1.807, 2.05) is 0 Å². The molecule has 0 amide bonds. The third-order valence-electron chi connectivity index (χ3n) is 4.19. The molecule has 4 atom stereocenters. The van der Waals surface area contributed by atoms with Crippen LogP contribution in [0.15, 0.2) is 0 Å². The Morgan fingerprint density at radius 3 is 2.27 bits per heavy atom. The van der Waals surface area contributed by atoms with Gasteiger partial charge in [-0.1, -0.05) is 20.8 Å². The van der Waals surface area contributed by atoms with E-state index in [1.54, 1.807) is 0 Å². The van der Waals surface area contributed by atoms with Crippen LogP contribution in [0.2, 0.25) is 0 Å². The van der Waals surface area contributed by atoms with Crippen molar-refractivity contribution in [3.63, 3.8) is 0 Å². The fourth-order valence-corrected chi connectivity index (χ4v) is 3.89. The number of nitrogens with two attached hydrogens (primary N) is 1. The summed E-state index contributed by atoms with van der Waals surface area (Å²) >= 11 is 0. The second-order valence-corrected chi connectivity index (χ2v) is 6.70. The average molecular weight is 210 g/mol. The van der Waals surface area contributed by atoms with Gasteiger partial charge < -0.3 is 5.73 Å². The number of nitrogens with zero attached hydrogens (tertiary/aromatic N) is 1. The van der Waals surface area contributed by atoms with E-state index >= 15 is 0 Å². The molecular formula is C13H26N2. The fraction of sp³-hybridized carbons (Fsp3) is 1.00. The molecule has 2 bridgehead atoms. The average Bonchev–Trinajstić information content (AvgIpc) is 2.60. The fourth-order valence-electron chi connectivity index (χ4n) is 3.89. The van der Waals surface area contributed by atoms with Crippen molar-refractivity contribution in [2.45, 2.75) is 65.1 Å². The summed E-state index contributed by atoms with van der Waals surface area (Å²) in [5.74, 6) is 0.971. The minimum Gasteiger partial charge on any atom is -0.327 e. The first kappa shape index (κ1) is 11.4. The van der Waals surface area contributed by atoms with Crippen molar-refractivity contribution < 1.29 is 0 Å². The highest BCUT2D eigenvalue weighted by Gasteiger charge is 2.45. The van der Waals surface area contributed by atoms with E-state index < -0.39 is 0 Å². The molecule has 0 aromatic rings. The van der Waals surface area contributed by atoms with E-state index in [1.165, 1.54) is 25.8 Å². The molecule has 1 saturated carbocycles. The maximum atomic E-state index is 6.19. The first-order chi connectivity index (χ1) is 6.89. The van der Waals surface area contributed by atoms with Gasteiger partial charge in [0.1, 0.15) is 0 Å². The lowest BCUT2D eigenvalue weighted by molar-refractivity contribution is 0.0552. The zero-order valence-corrected chi connectivity index (χ0v) is 10.7. The second-order valence-electron chi connectivity index (χ2n) is 6.70. The standard InChI is InChI=1S/C13H26N2/c1-9(14)12(13(2,3)4)15-8-10-5-6-11(15)7-10/h9-12H,5-8,14H2,1-4H3. The first-order valence-electron chi connectivity index (χ1n) is 6.41. The van der Waals surface area contributed by atoms with Crippen LogP contribution in [-0.2, 0) is 0 Å². The Morgan fingerprint density at radius 1 is 1.27 bits per heavy atom. The summed E-state index contributed by atoms with van der Waals surface area (Å²) in [5.41, 5.74) is 6.50. The van der Waals surface area contributed by atoms with Gasteiger partial charge in [-0.3, -0.25) is 4.90 Å². The molecule has 0 aromatic heterocycles. The van der Waals surface area contributed by atoms with Crippen molar-refractivity contribution in [1.29, 1.82) is 0 Å². The molecule has 1 aliphatic heterocycles. The zero-order valence-electron chi connectivity index (χ0n) is 10.7. The number of hydrogen-bond donors (Lipinski definition) is 1. The molecular weight excluding hydrogens is 184 g/mol. The smallest absolute Gasteiger partial charge is 0.0295 e. The summed E-state index contributed by atoms with van der Waals surface area (Å²) in [4.78, 5) is 2.71. The number of likely N-dealkylation sites (tertiary alicyclic amines) is 1. The molecule has 88 valence electrons. The molecule has 0 spiro atoms. The highest BCUT2D eigenvalue weighted by atomic mass is 15.2. The number of fused-ring (bicyclic) bond motifs is 2. The van der Waals surface area contributed by atoms with Crippen LogP contribution < -0.4 is 5.73 Å². The molecule has 15 heavy (non-hydrogen) atoms. The van der Waals surface area contributed by atoms with Gasteiger partial charge in [0.05, 0.1) is 0 Å². The molecule has 2 N–H and O–H groups in total. The van der Waals surface area contributed by atoms with Crippen molar-refractivity contribution in [1.82, 2.24) is 4.90 Å². The third kappa shape index (κ3) is 2.07. The topological polar surface area (TPSA) is 29.3 Å². The van der Waals surface area contributed by atoms with Crippen LogP contribution in [-0.4, -0.2) is 29.6 Å². The van der Waals surface area contributed by atoms with Crippen LogP contribution in [0.1, 0.15) is 47.0 Å². The highest BCUT2D eigenvalue weighted by molar-refractivity contribution is 5.00. The van der Waals surface area contributed by atoms with Gasteiger partial charge in [0.2, 0.25) is 0 Å². The molecule has 2 aliphatic rings. The number of piperidine rings is 1. The Kier molecular flexibility index (Phi) is 2.85. The molecule has 2 rings (SSSR count). The molecule has 4 unspecified atom stereocenters. The van der Waals surface area contributed by atoms with E-state index in [4.69, 9.17) is 5.73 Å². The number of rotatable bonds is 2. The highest BCUT2D eigenvalue weighted by Crippen LogP contribution is 2.42. The molecule has 2 heteroatoms. The molecule has 1 aliphatic carbocycles. The van der Waals surface area contributed by atoms with Crippen molar-refractivity contribution in [3.8, 4) is 0 Å². The molecule has 1 saturated heterocycles. The summed E-state index contributed by atoms with van der Waals surface area (Å²) < 4.78 is 0. The van der Waals surface area contributed by atoms with Gasteiger partial charge >= 0.3 is 0 Å². The van der Waals surface area contributed by atoms with Gasteiger partial charge in [0.25, 0.3) is 0 Å². The first-order valence-corrected chi connectivity index (χ1v) is 6.41. The molecule has 1 heterocycles. The lowest BCUT2D eigenvalue weighted by Gasteiger charge is -2.44. The minimum absolute atomic E-state index is 0.282. The van der Waals surface area contributed by atoms with Crippen molar-refractivity contribution >= 4 is 0 Å². The van der Waals surface area contributed by atoms with Crippen molar-refractivity contribution in [3.05, 3.63) is 0 Å². The third-order valence-corrected chi connectivity index (χ3v) is 4.19. The maximum Gasteiger partial charge on any atom is 0.0295 e. The van der Waals surface area contributed by atoms with Crippen molar-refractivity contribution in [2.75, 3.05) is 6.54 Å². The van der Waals surface area contributed by atoms with Crippen LogP contribution >= 0.6 is 0 Å². The van der Waals surface area contributed by atoms with E-state index in [0.717, 1.165) is 12.0 Å². The molecule has 0 aromatic carbocycles. The SMILES string of the molecule is CC(N)C(N1CC2CCC1C2)C(C)(C)C. The van der Waals surface area contributed by atoms with Crippen LogP contribution in [0.25, 0.3) is 0 Å². The Hall–Kier alpha value is -0.0800. The monoisotopic (exact) mass is 210 g/mol. The summed E-state index contributed by atoms with van der Waals surface area (Å²) in [5, 5.41) is 0. The van der Waals surface area contributed by atoms with Crippen LogP contribution in [0.3, 0.4) is 0 Å². The van der Waals surface area contributed by atoms with E-state index in [9.17, 15) is 0 Å². The summed E-state index contributed by atoms with van der Waals surface area (Å²) in [6, 6.07) is 1.67. The maximum absolute atomic E-state index is 6.19. The van der Waals surface area contributed by atoms with Crippen LogP contribution in [0.5, 0.6) is 0 Å². The second kappa shape index (κ2) is 3.74. The zero-order chi connectivity index (χ0) is 11.2. The lowest BCUT2D eigenvalue weighted by Crippen LogP contribution is -2.55. The van der Waals surface area contributed by atoms with Gasteiger partial charge in [0.15, 0.2) is 0 Å².